The Kier molecular flexibility index (Phi) is 21.9. The maximum atomic E-state index is 3.61. The lowest BCUT2D eigenvalue weighted by Gasteiger charge is -2.15. The minimum atomic E-state index is 0. The van der Waals surface area contributed by atoms with E-state index >= 15 is 0 Å². The summed E-state index contributed by atoms with van der Waals surface area (Å²) in [5.41, 5.74) is 0. The Hall–Kier alpha value is 0.960. The molecule has 6 atom stereocenters. The topological polar surface area (TPSA) is 0 Å². The molecule has 0 aromatic rings. The predicted octanol–water partition coefficient (Wildman–Crippen LogP) is 9.99. The highest BCUT2D eigenvalue weighted by Gasteiger charge is 2.31. The van der Waals surface area contributed by atoms with Gasteiger partial charge in [-0.2, -0.15) is 0 Å². The Morgan fingerprint density at radius 2 is 0.962 bits per heavy atom. The Labute approximate surface area is 185 Å². The summed E-state index contributed by atoms with van der Waals surface area (Å²) in [5, 5.41) is 2.42. The van der Waals surface area contributed by atoms with Gasteiger partial charge in [0.05, 0.1) is 0 Å². The van der Waals surface area contributed by atoms with Crippen LogP contribution in [-0.2, 0) is 0 Å². The highest BCUT2D eigenvalue weighted by Crippen LogP contribution is 2.42. The quantitative estimate of drug-likeness (QED) is 0.305. The second kappa shape index (κ2) is 18.0. The van der Waals surface area contributed by atoms with Gasteiger partial charge in [-0.3, -0.25) is 0 Å². The van der Waals surface area contributed by atoms with Crippen molar-refractivity contribution in [2.45, 2.75) is 108 Å². The summed E-state index contributed by atoms with van der Waals surface area (Å²) in [4.78, 5) is 0. The van der Waals surface area contributed by atoms with E-state index in [9.17, 15) is 0 Å². The Bertz CT molecular complexity index is 280. The van der Waals surface area contributed by atoms with Crippen LogP contribution in [0.4, 0.5) is 0 Å². The van der Waals surface area contributed by atoms with Crippen molar-refractivity contribution in [1.29, 1.82) is 0 Å². The maximum Gasteiger partial charge on any atom is 0.00624 e. The number of alkyl halides is 2. The summed E-state index contributed by atoms with van der Waals surface area (Å²) in [6.07, 6.45) is 12.9. The summed E-state index contributed by atoms with van der Waals surface area (Å²) in [6, 6.07) is 0. The van der Waals surface area contributed by atoms with Gasteiger partial charge in [-0.25, -0.2) is 0 Å². The Balaban J connectivity index is -0.000000366. The van der Waals surface area contributed by atoms with E-state index in [4.69, 9.17) is 0 Å². The van der Waals surface area contributed by atoms with Gasteiger partial charge in [-0.05, 0) is 67.6 Å². The summed E-state index contributed by atoms with van der Waals surface area (Å²) < 4.78 is 0. The molecular weight excluding hydrogens is 448 g/mol. The first-order valence-electron chi connectivity index (χ1n) is 10.2. The van der Waals surface area contributed by atoms with Crippen molar-refractivity contribution in [1.82, 2.24) is 0 Å². The first-order valence-corrected chi connectivity index (χ1v) is 12.5. The monoisotopic (exact) mass is 498 g/mol. The van der Waals surface area contributed by atoms with Crippen molar-refractivity contribution in [2.24, 2.45) is 35.5 Å². The molecule has 2 aliphatic rings. The third kappa shape index (κ3) is 9.94. The molecule has 0 heterocycles. The molecular formula is C24H52Br2. The van der Waals surface area contributed by atoms with E-state index in [2.05, 4.69) is 59.6 Å². The smallest absolute Gasteiger partial charge is 0.00624 e. The molecule has 0 saturated heterocycles. The number of halogens is 2. The van der Waals surface area contributed by atoms with E-state index in [0.29, 0.717) is 0 Å². The van der Waals surface area contributed by atoms with E-state index in [1.54, 1.807) is 0 Å². The average Bonchev–Trinajstić information content (AvgIpc) is 3.18. The van der Waals surface area contributed by atoms with Crippen molar-refractivity contribution in [2.75, 3.05) is 10.7 Å². The molecule has 0 aromatic heterocycles. The SMILES string of the molecule is C.C.C.CCC1CC(CC)C(CBr)C1.CCC1CC(CC)C(CCBr)C1. The van der Waals surface area contributed by atoms with Gasteiger partial charge >= 0.3 is 0 Å². The lowest BCUT2D eigenvalue weighted by molar-refractivity contribution is 0.370. The normalized spacial score (nSPS) is 32.5. The summed E-state index contributed by atoms with van der Waals surface area (Å²) in [5.74, 6) is 6.12. The highest BCUT2D eigenvalue weighted by atomic mass is 79.9. The van der Waals surface area contributed by atoms with E-state index in [1.165, 1.54) is 68.4 Å². The lowest BCUT2D eigenvalue weighted by atomic mass is 9.92. The van der Waals surface area contributed by atoms with Crippen molar-refractivity contribution in [3.05, 3.63) is 0 Å². The molecule has 26 heavy (non-hydrogen) atoms. The van der Waals surface area contributed by atoms with E-state index in [0.717, 1.165) is 35.5 Å². The molecule has 0 aromatic carbocycles. The van der Waals surface area contributed by atoms with Gasteiger partial charge in [0.2, 0.25) is 0 Å². The van der Waals surface area contributed by atoms with Gasteiger partial charge in [0.15, 0.2) is 0 Å². The molecule has 0 N–H and O–H groups in total. The number of rotatable bonds is 7. The standard InChI is InChI=1S/C11H21Br.C10H19Br.3CH4/c1-3-9-7-10(4-2)11(8-9)5-6-12;1-3-8-5-9(4-2)10(6-8)7-11;;;/h9-11H,3-8H2,1-2H3;8-10H,3-7H2,1-2H3;3*1H4. The van der Waals surface area contributed by atoms with Crippen LogP contribution in [0.5, 0.6) is 0 Å². The molecule has 2 aliphatic carbocycles. The largest absolute Gasteiger partial charge is 0.0928 e. The van der Waals surface area contributed by atoms with Crippen LogP contribution in [0.15, 0.2) is 0 Å². The van der Waals surface area contributed by atoms with Crippen LogP contribution >= 0.6 is 31.9 Å². The first-order chi connectivity index (χ1) is 11.1. The molecule has 2 fully saturated rings. The molecule has 2 rings (SSSR count). The van der Waals surface area contributed by atoms with Crippen LogP contribution < -0.4 is 0 Å². The maximum absolute atomic E-state index is 3.61. The Morgan fingerprint density at radius 3 is 1.27 bits per heavy atom. The molecule has 0 radical (unpaired) electrons. The Morgan fingerprint density at radius 1 is 0.577 bits per heavy atom. The van der Waals surface area contributed by atoms with Gasteiger partial charge in [-0.1, -0.05) is 108 Å². The minimum absolute atomic E-state index is 0. The molecule has 6 unspecified atom stereocenters. The third-order valence-corrected chi connectivity index (χ3v) is 8.05. The van der Waals surface area contributed by atoms with Crippen LogP contribution in [0, 0.1) is 35.5 Å². The van der Waals surface area contributed by atoms with Crippen LogP contribution in [0.3, 0.4) is 0 Å². The fraction of sp³-hybridized carbons (Fsp3) is 1.00. The van der Waals surface area contributed by atoms with E-state index in [-0.39, 0.29) is 22.3 Å². The van der Waals surface area contributed by atoms with Crippen molar-refractivity contribution in [3.63, 3.8) is 0 Å². The number of hydrogen-bond acceptors (Lipinski definition) is 0. The first kappa shape index (κ1) is 31.6. The molecule has 0 aliphatic heterocycles. The average molecular weight is 500 g/mol. The lowest BCUT2D eigenvalue weighted by Crippen LogP contribution is -2.07. The van der Waals surface area contributed by atoms with E-state index in [1.807, 2.05) is 0 Å². The van der Waals surface area contributed by atoms with Gasteiger partial charge in [-0.15, -0.1) is 0 Å². The van der Waals surface area contributed by atoms with Crippen molar-refractivity contribution < 1.29 is 0 Å². The van der Waals surface area contributed by atoms with Crippen molar-refractivity contribution in [3.8, 4) is 0 Å². The minimum Gasteiger partial charge on any atom is -0.0928 e. The second-order valence-corrected chi connectivity index (χ2v) is 9.42. The molecule has 0 nitrogen and oxygen atoms in total. The predicted molar refractivity (Wildman–Crippen MR) is 133 cm³/mol. The van der Waals surface area contributed by atoms with Crippen molar-refractivity contribution >= 4 is 31.9 Å². The number of hydrogen-bond donors (Lipinski definition) is 0. The molecule has 162 valence electrons. The zero-order chi connectivity index (χ0) is 17.2. The second-order valence-electron chi connectivity index (χ2n) is 7.98. The zero-order valence-electron chi connectivity index (χ0n) is 16.0. The zero-order valence-corrected chi connectivity index (χ0v) is 19.2. The third-order valence-electron chi connectivity index (χ3n) is 6.76. The summed E-state index contributed by atoms with van der Waals surface area (Å²) in [7, 11) is 0. The fourth-order valence-electron chi connectivity index (χ4n) is 5.02. The van der Waals surface area contributed by atoms with Gasteiger partial charge in [0.25, 0.3) is 0 Å². The summed E-state index contributed by atoms with van der Waals surface area (Å²) >= 11 is 7.17. The van der Waals surface area contributed by atoms with Gasteiger partial charge in [0.1, 0.15) is 0 Å². The van der Waals surface area contributed by atoms with Gasteiger partial charge in [0, 0.05) is 10.7 Å². The van der Waals surface area contributed by atoms with E-state index < -0.39 is 0 Å². The summed E-state index contributed by atoms with van der Waals surface area (Å²) in [6.45, 7) is 9.35. The van der Waals surface area contributed by atoms with Crippen LogP contribution in [-0.4, -0.2) is 10.7 Å². The van der Waals surface area contributed by atoms with Gasteiger partial charge < -0.3 is 0 Å². The fourth-order valence-corrected chi connectivity index (χ4v) is 6.41. The van der Waals surface area contributed by atoms with Crippen LogP contribution in [0.2, 0.25) is 0 Å². The van der Waals surface area contributed by atoms with Crippen LogP contribution in [0.25, 0.3) is 0 Å². The molecule has 0 bridgehead atoms. The molecule has 0 amide bonds. The molecule has 2 heteroatoms. The molecule has 0 spiro atoms. The highest BCUT2D eigenvalue weighted by molar-refractivity contribution is 9.09. The molecule has 2 saturated carbocycles. The van der Waals surface area contributed by atoms with Crippen LogP contribution in [0.1, 0.15) is 108 Å².